The third-order valence-electron chi connectivity index (χ3n) is 19.9. The van der Waals surface area contributed by atoms with Gasteiger partial charge >= 0.3 is 11.9 Å². The number of carbonyl (C=O) groups excluding carboxylic acids is 2. The predicted molar refractivity (Wildman–Crippen MR) is 239 cm³/mol. The van der Waals surface area contributed by atoms with Gasteiger partial charge in [-0.25, -0.2) is 0 Å². The van der Waals surface area contributed by atoms with Gasteiger partial charge in [-0.2, -0.15) is 0 Å². The summed E-state index contributed by atoms with van der Waals surface area (Å²) < 4.78 is 40.4. The van der Waals surface area contributed by atoms with E-state index in [0.717, 1.165) is 5.57 Å². The lowest BCUT2D eigenvalue weighted by atomic mass is 9.33. The highest BCUT2D eigenvalue weighted by Crippen LogP contribution is 2.76. The van der Waals surface area contributed by atoms with Crippen molar-refractivity contribution in [3.8, 4) is 0 Å². The Morgan fingerprint density at radius 2 is 1.17 bits per heavy atom. The maximum atomic E-state index is 14.8. The van der Waals surface area contributed by atoms with Crippen molar-refractivity contribution < 1.29 is 109 Å². The molecule has 3 saturated heterocycles. The lowest BCUT2D eigenvalue weighted by Gasteiger charge is -2.71. The first kappa shape index (κ1) is 55.2. The topological polar surface area (TPSA) is 362 Å². The van der Waals surface area contributed by atoms with Gasteiger partial charge in [-0.1, -0.05) is 39.3 Å². The number of carbonyl (C=O) groups is 2. The van der Waals surface area contributed by atoms with E-state index >= 15 is 0 Å². The average molecular weight is 1020 g/mol. The highest BCUT2D eigenvalue weighted by atomic mass is 16.7. The molecule has 0 unspecified atom stereocenters. The zero-order valence-electron chi connectivity index (χ0n) is 41.3. The summed E-state index contributed by atoms with van der Waals surface area (Å²) in [6, 6.07) is 0. The number of allylic oxidation sites excluding steroid dienone is 2. The first-order chi connectivity index (χ1) is 33.3. The molecular formula is C49H78O22. The number of methoxy groups -OCH3 is 1. The number of aliphatic hydroxyl groups excluding tert-OH is 13. The van der Waals surface area contributed by atoms with Crippen LogP contribution >= 0.6 is 0 Å². The first-order valence-electron chi connectivity index (χ1n) is 25.1. The zero-order valence-corrected chi connectivity index (χ0v) is 41.3. The molecule has 406 valence electrons. The maximum absolute atomic E-state index is 14.8. The van der Waals surface area contributed by atoms with Crippen molar-refractivity contribution in [2.24, 2.45) is 50.2 Å². The number of aliphatic hydroxyl groups is 13. The molecule has 8 rings (SSSR count). The number of hydrogen-bond donors (Lipinski definition) is 13. The van der Waals surface area contributed by atoms with Crippen LogP contribution in [0.1, 0.15) is 92.4 Å². The van der Waals surface area contributed by atoms with Gasteiger partial charge in [0, 0.05) is 5.41 Å². The van der Waals surface area contributed by atoms with Crippen LogP contribution < -0.4 is 0 Å². The molecule has 26 atom stereocenters. The van der Waals surface area contributed by atoms with Crippen molar-refractivity contribution in [3.63, 3.8) is 0 Å². The first-order valence-corrected chi connectivity index (χ1v) is 25.1. The smallest absolute Gasteiger partial charge is 0.315 e. The van der Waals surface area contributed by atoms with Gasteiger partial charge in [-0.05, 0) is 98.7 Å². The second kappa shape index (κ2) is 19.8. The van der Waals surface area contributed by atoms with E-state index in [-0.39, 0.29) is 31.1 Å². The van der Waals surface area contributed by atoms with Crippen LogP contribution in [0.25, 0.3) is 0 Å². The van der Waals surface area contributed by atoms with Gasteiger partial charge in [0.1, 0.15) is 73.2 Å². The number of hydrogen-bond acceptors (Lipinski definition) is 22. The van der Waals surface area contributed by atoms with E-state index in [1.807, 2.05) is 13.8 Å². The van der Waals surface area contributed by atoms with E-state index in [1.54, 1.807) is 0 Å². The van der Waals surface area contributed by atoms with E-state index in [0.29, 0.717) is 38.5 Å². The highest BCUT2D eigenvalue weighted by Gasteiger charge is 2.72. The van der Waals surface area contributed by atoms with Gasteiger partial charge in [0.2, 0.25) is 6.29 Å². The second-order valence-electron chi connectivity index (χ2n) is 23.4. The van der Waals surface area contributed by atoms with E-state index in [2.05, 4.69) is 26.8 Å². The van der Waals surface area contributed by atoms with Crippen molar-refractivity contribution >= 4 is 11.9 Å². The minimum absolute atomic E-state index is 0.106. The van der Waals surface area contributed by atoms with Gasteiger partial charge < -0.3 is 99.5 Å². The van der Waals surface area contributed by atoms with Crippen LogP contribution in [0.4, 0.5) is 0 Å². The molecule has 0 aromatic heterocycles. The largest absolute Gasteiger partial charge is 0.469 e. The summed E-state index contributed by atoms with van der Waals surface area (Å²) in [6.07, 6.45) is -21.8. The Kier molecular flexibility index (Phi) is 15.4. The molecule has 0 amide bonds. The Labute approximate surface area is 412 Å². The van der Waals surface area contributed by atoms with Crippen LogP contribution in [0.15, 0.2) is 11.6 Å². The molecular weight excluding hydrogens is 941 g/mol. The van der Waals surface area contributed by atoms with Crippen LogP contribution in [-0.2, 0) is 42.7 Å². The summed E-state index contributed by atoms with van der Waals surface area (Å²) in [7, 11) is 1.33. The van der Waals surface area contributed by atoms with E-state index in [4.69, 9.17) is 33.2 Å². The number of rotatable bonds is 11. The Morgan fingerprint density at radius 1 is 0.620 bits per heavy atom. The Balaban J connectivity index is 1.05. The number of ether oxygens (including phenoxy) is 7. The number of fused-ring (bicyclic) bond motifs is 7. The number of esters is 2. The summed E-state index contributed by atoms with van der Waals surface area (Å²) in [5, 5.41) is 140. The van der Waals surface area contributed by atoms with Gasteiger partial charge in [0.15, 0.2) is 12.6 Å². The summed E-state index contributed by atoms with van der Waals surface area (Å²) in [5.74, 6) is -2.05. The molecule has 13 N–H and O–H groups in total. The second-order valence-corrected chi connectivity index (χ2v) is 23.4. The fourth-order valence-corrected chi connectivity index (χ4v) is 15.5. The van der Waals surface area contributed by atoms with Crippen LogP contribution in [0.5, 0.6) is 0 Å². The average Bonchev–Trinajstić information content (AvgIpc) is 3.34. The van der Waals surface area contributed by atoms with Crippen LogP contribution in [0.2, 0.25) is 0 Å². The van der Waals surface area contributed by atoms with Gasteiger partial charge in [0.25, 0.3) is 0 Å². The molecule has 22 nitrogen and oxygen atoms in total. The predicted octanol–water partition coefficient (Wildman–Crippen LogP) is -2.76. The monoisotopic (exact) mass is 1020 g/mol. The summed E-state index contributed by atoms with van der Waals surface area (Å²) in [6.45, 7) is 7.48. The van der Waals surface area contributed by atoms with Crippen LogP contribution in [-0.4, -0.2) is 216 Å². The van der Waals surface area contributed by atoms with Crippen molar-refractivity contribution in [3.05, 3.63) is 11.6 Å². The van der Waals surface area contributed by atoms with E-state index < -0.39 is 181 Å². The summed E-state index contributed by atoms with van der Waals surface area (Å²) >= 11 is 0. The minimum Gasteiger partial charge on any atom is -0.469 e. The quantitative estimate of drug-likeness (QED) is 0.0566. The van der Waals surface area contributed by atoms with E-state index in [1.165, 1.54) is 7.11 Å². The van der Waals surface area contributed by atoms with Crippen molar-refractivity contribution in [1.82, 2.24) is 0 Å². The summed E-state index contributed by atoms with van der Waals surface area (Å²) in [5.41, 5.74) is -4.05. The lowest BCUT2D eigenvalue weighted by molar-refractivity contribution is -0.374. The highest BCUT2D eigenvalue weighted by molar-refractivity contribution is 5.81. The molecule has 0 aromatic rings. The molecule has 5 aliphatic carbocycles. The Bertz CT molecular complexity index is 1970. The Hall–Kier alpha value is -2.04. The minimum atomic E-state index is -1.87. The van der Waals surface area contributed by atoms with Crippen LogP contribution in [0.3, 0.4) is 0 Å². The maximum Gasteiger partial charge on any atom is 0.315 e. The Morgan fingerprint density at radius 3 is 1.76 bits per heavy atom. The normalized spacial score (nSPS) is 54.0. The van der Waals surface area contributed by atoms with Gasteiger partial charge in [0.05, 0.1) is 56.6 Å². The molecule has 7 fully saturated rings. The molecule has 0 bridgehead atoms. The molecule has 0 spiro atoms. The lowest BCUT2D eigenvalue weighted by Crippen LogP contribution is -2.70. The van der Waals surface area contributed by atoms with E-state index in [9.17, 15) is 76.0 Å². The fourth-order valence-electron chi connectivity index (χ4n) is 15.5. The molecule has 71 heavy (non-hydrogen) atoms. The van der Waals surface area contributed by atoms with Crippen molar-refractivity contribution in [2.75, 3.05) is 33.5 Å². The molecule has 0 aromatic carbocycles. The molecule has 22 heteroatoms. The standard InChI is InChI=1S/C49H78O22/c1-44(42(63)65-6)11-13-49(43(64)71-41-35(61)32(58)30(56)25(18-51)67-41)14-12-47(4)21(22(49)15-44)7-8-28-45(2)16-23(54)38(46(3,20-53)27(45)9-10-48(28,47)5)70-40-36(62)33(59)37(26(19-52)68-40)69-39-34(60)31(57)29(55)24(17-50)66-39/h7,22-41,50-62H,8-20H2,1-6H3/t22-,23-,24+,25+,26+,27+,28+,29+,30+,31-,32-,33+,34+,35+,36+,37+,38-,39-,40-,41-,44+,45-,46-,47+,48+,49-/m0/s1. The molecule has 4 saturated carbocycles. The SMILES string of the molecule is COC(=O)[C@]1(C)CC[C@]2(C(=O)O[C@@H]3O[C@H](CO)[C@@H](O)[C@H](O)[C@H]3O)CC[C@]3(C)C(=CC[C@@H]4[C@@]5(C)C[C@H](O)[C@H](O[C@@H]6O[C@H](CO)[C@@H](O[C@@H]7O[C@H](CO)[C@@H](O)[C@H](O)[C@H]7O)[C@H](O)[C@H]6O)[C@@](C)(CO)[C@@H]5CC[C@]43C)[C@@H]2C1. The zero-order chi connectivity index (χ0) is 52.1. The van der Waals surface area contributed by atoms with Crippen molar-refractivity contribution in [2.45, 2.75) is 197 Å². The van der Waals surface area contributed by atoms with Crippen molar-refractivity contribution in [1.29, 1.82) is 0 Å². The summed E-state index contributed by atoms with van der Waals surface area (Å²) in [4.78, 5) is 28.3. The van der Waals surface area contributed by atoms with Crippen LogP contribution in [0, 0.1) is 50.2 Å². The fraction of sp³-hybridized carbons (Fsp3) is 0.918. The van der Waals surface area contributed by atoms with Gasteiger partial charge in [-0.15, -0.1) is 0 Å². The molecule has 8 aliphatic rings. The molecule has 0 radical (unpaired) electrons. The molecule has 3 heterocycles. The third-order valence-corrected chi connectivity index (χ3v) is 19.9. The molecule has 3 aliphatic heterocycles. The third kappa shape index (κ3) is 8.46. The van der Waals surface area contributed by atoms with Gasteiger partial charge in [-0.3, -0.25) is 9.59 Å².